The van der Waals surface area contributed by atoms with Crippen LogP contribution in [0.15, 0.2) is 12.1 Å². The molecule has 0 aliphatic heterocycles. The lowest BCUT2D eigenvalue weighted by Crippen LogP contribution is -2.14. The number of ether oxygens (including phenoxy) is 1. The van der Waals surface area contributed by atoms with E-state index in [9.17, 15) is 0 Å². The van der Waals surface area contributed by atoms with E-state index in [1.54, 1.807) is 12.1 Å². The van der Waals surface area contributed by atoms with Crippen molar-refractivity contribution < 1.29 is 4.74 Å². The minimum atomic E-state index is 0.421. The van der Waals surface area contributed by atoms with Crippen LogP contribution in [0.1, 0.15) is 13.3 Å². The van der Waals surface area contributed by atoms with Crippen LogP contribution in [0.4, 0.5) is 0 Å². The summed E-state index contributed by atoms with van der Waals surface area (Å²) in [6, 6.07) is 3.22. The summed E-state index contributed by atoms with van der Waals surface area (Å²) in [5.41, 5.74) is 5.51. The van der Waals surface area contributed by atoms with Gasteiger partial charge in [0, 0.05) is 5.02 Å². The lowest BCUT2D eigenvalue weighted by Gasteiger charge is -2.12. The van der Waals surface area contributed by atoms with Crippen LogP contribution < -0.4 is 10.5 Å². The molecule has 0 radical (unpaired) electrons. The van der Waals surface area contributed by atoms with E-state index in [2.05, 4.69) is 6.92 Å². The molecule has 0 fully saturated rings. The van der Waals surface area contributed by atoms with Gasteiger partial charge in [0.2, 0.25) is 0 Å². The summed E-state index contributed by atoms with van der Waals surface area (Å²) in [5.74, 6) is 0.904. The molecule has 0 aliphatic rings. The molecule has 1 rings (SSSR count). The largest absolute Gasteiger partial charge is 0.490 e. The highest BCUT2D eigenvalue weighted by molar-refractivity contribution is 6.40. The zero-order valence-corrected chi connectivity index (χ0v) is 11.2. The van der Waals surface area contributed by atoms with E-state index in [4.69, 9.17) is 45.3 Å². The summed E-state index contributed by atoms with van der Waals surface area (Å²) in [6.07, 6.45) is 0.867. The normalized spacial score (nSPS) is 12.6. The maximum atomic E-state index is 5.97. The van der Waals surface area contributed by atoms with Crippen molar-refractivity contribution >= 4 is 34.8 Å². The van der Waals surface area contributed by atoms with Gasteiger partial charge in [0.25, 0.3) is 0 Å². The first-order valence-corrected chi connectivity index (χ1v) is 6.15. The molecule has 0 saturated heterocycles. The van der Waals surface area contributed by atoms with Crippen LogP contribution in [0.5, 0.6) is 5.75 Å². The fourth-order valence-corrected chi connectivity index (χ4v) is 2.07. The quantitative estimate of drug-likeness (QED) is 0.885. The SMILES string of the molecule is CC(CN)CCOc1c(Cl)cc(Cl)cc1Cl. The maximum Gasteiger partial charge on any atom is 0.156 e. The van der Waals surface area contributed by atoms with E-state index in [-0.39, 0.29) is 0 Å². The summed E-state index contributed by atoms with van der Waals surface area (Å²) >= 11 is 17.7. The minimum Gasteiger partial charge on any atom is -0.490 e. The van der Waals surface area contributed by atoms with Crippen LogP contribution in [0.2, 0.25) is 15.1 Å². The summed E-state index contributed by atoms with van der Waals surface area (Å²) < 4.78 is 5.52. The standard InChI is InChI=1S/C11H14Cl3NO/c1-7(6-15)2-3-16-11-9(13)4-8(12)5-10(11)14/h4-5,7H,2-3,6,15H2,1H3. The zero-order chi connectivity index (χ0) is 12.1. The summed E-state index contributed by atoms with van der Waals surface area (Å²) in [5, 5.41) is 1.36. The van der Waals surface area contributed by atoms with Gasteiger partial charge in [-0.25, -0.2) is 0 Å². The van der Waals surface area contributed by atoms with E-state index in [0.29, 0.717) is 39.9 Å². The van der Waals surface area contributed by atoms with Crippen LogP contribution in [0.3, 0.4) is 0 Å². The number of hydrogen-bond acceptors (Lipinski definition) is 2. The fraction of sp³-hybridized carbons (Fsp3) is 0.455. The average molecular weight is 283 g/mol. The number of nitrogens with two attached hydrogens (primary N) is 1. The molecule has 0 bridgehead atoms. The Bertz CT molecular complexity index is 334. The molecule has 0 spiro atoms. The van der Waals surface area contributed by atoms with Crippen molar-refractivity contribution in [2.75, 3.05) is 13.2 Å². The Balaban J connectivity index is 2.60. The number of halogens is 3. The molecule has 5 heteroatoms. The Morgan fingerprint density at radius 2 is 1.81 bits per heavy atom. The number of hydrogen-bond donors (Lipinski definition) is 1. The van der Waals surface area contributed by atoms with Gasteiger partial charge < -0.3 is 10.5 Å². The maximum absolute atomic E-state index is 5.97. The molecule has 2 N–H and O–H groups in total. The molecule has 0 saturated carbocycles. The van der Waals surface area contributed by atoms with Crippen molar-refractivity contribution in [2.24, 2.45) is 11.7 Å². The molecule has 0 amide bonds. The minimum absolute atomic E-state index is 0.421. The first-order valence-electron chi connectivity index (χ1n) is 5.02. The summed E-state index contributed by atoms with van der Waals surface area (Å²) in [7, 11) is 0. The Kier molecular flexibility index (Phi) is 5.70. The third kappa shape index (κ3) is 4.02. The molecule has 2 nitrogen and oxygen atoms in total. The van der Waals surface area contributed by atoms with Gasteiger partial charge in [0.15, 0.2) is 5.75 Å². The molecule has 90 valence electrons. The first kappa shape index (κ1) is 13.9. The molecular weight excluding hydrogens is 268 g/mol. The van der Waals surface area contributed by atoms with Gasteiger partial charge in [-0.1, -0.05) is 41.7 Å². The van der Waals surface area contributed by atoms with Crippen molar-refractivity contribution in [1.82, 2.24) is 0 Å². The van der Waals surface area contributed by atoms with Crippen LogP contribution >= 0.6 is 34.8 Å². The smallest absolute Gasteiger partial charge is 0.156 e. The van der Waals surface area contributed by atoms with Crippen LogP contribution in [0, 0.1) is 5.92 Å². The number of rotatable bonds is 5. The summed E-state index contributed by atoms with van der Waals surface area (Å²) in [4.78, 5) is 0. The Morgan fingerprint density at radius 3 is 2.31 bits per heavy atom. The Hall–Kier alpha value is -0.150. The highest BCUT2D eigenvalue weighted by Gasteiger charge is 2.09. The van der Waals surface area contributed by atoms with E-state index >= 15 is 0 Å². The van der Waals surface area contributed by atoms with Crippen LogP contribution in [0.25, 0.3) is 0 Å². The molecular formula is C11H14Cl3NO. The monoisotopic (exact) mass is 281 g/mol. The molecule has 1 aromatic carbocycles. The topological polar surface area (TPSA) is 35.2 Å². The van der Waals surface area contributed by atoms with Crippen molar-refractivity contribution in [3.63, 3.8) is 0 Å². The second kappa shape index (κ2) is 6.55. The highest BCUT2D eigenvalue weighted by Crippen LogP contribution is 2.35. The molecule has 1 unspecified atom stereocenters. The molecule has 1 aromatic rings. The van der Waals surface area contributed by atoms with Gasteiger partial charge in [-0.05, 0) is 31.0 Å². The summed E-state index contributed by atoms with van der Waals surface area (Å²) in [6.45, 7) is 3.25. The zero-order valence-electron chi connectivity index (χ0n) is 8.97. The highest BCUT2D eigenvalue weighted by atomic mass is 35.5. The molecule has 16 heavy (non-hydrogen) atoms. The molecule has 0 aromatic heterocycles. The Morgan fingerprint density at radius 1 is 1.25 bits per heavy atom. The second-order valence-electron chi connectivity index (χ2n) is 3.68. The second-order valence-corrected chi connectivity index (χ2v) is 4.93. The van der Waals surface area contributed by atoms with Gasteiger partial charge in [-0.2, -0.15) is 0 Å². The third-order valence-electron chi connectivity index (χ3n) is 2.22. The van der Waals surface area contributed by atoms with Crippen molar-refractivity contribution in [1.29, 1.82) is 0 Å². The van der Waals surface area contributed by atoms with Gasteiger partial charge in [0.1, 0.15) is 0 Å². The van der Waals surface area contributed by atoms with Gasteiger partial charge >= 0.3 is 0 Å². The van der Waals surface area contributed by atoms with Crippen molar-refractivity contribution in [3.05, 3.63) is 27.2 Å². The van der Waals surface area contributed by atoms with E-state index < -0.39 is 0 Å². The molecule has 1 atom stereocenters. The lowest BCUT2D eigenvalue weighted by atomic mass is 10.1. The average Bonchev–Trinajstić information content (AvgIpc) is 2.21. The van der Waals surface area contributed by atoms with Gasteiger partial charge in [-0.3, -0.25) is 0 Å². The van der Waals surface area contributed by atoms with E-state index in [1.165, 1.54) is 0 Å². The first-order chi connectivity index (χ1) is 7.54. The molecule has 0 heterocycles. The van der Waals surface area contributed by atoms with E-state index in [1.807, 2.05) is 0 Å². The van der Waals surface area contributed by atoms with Crippen LogP contribution in [-0.4, -0.2) is 13.2 Å². The van der Waals surface area contributed by atoms with Crippen molar-refractivity contribution in [2.45, 2.75) is 13.3 Å². The fourth-order valence-electron chi connectivity index (χ4n) is 1.15. The van der Waals surface area contributed by atoms with Gasteiger partial charge in [-0.15, -0.1) is 0 Å². The van der Waals surface area contributed by atoms with E-state index in [0.717, 1.165) is 6.42 Å². The predicted octanol–water partition coefficient (Wildman–Crippen LogP) is 4.01. The number of benzene rings is 1. The lowest BCUT2D eigenvalue weighted by molar-refractivity contribution is 0.286. The molecule has 0 aliphatic carbocycles. The predicted molar refractivity (Wildman–Crippen MR) is 69.8 cm³/mol. The van der Waals surface area contributed by atoms with Crippen LogP contribution in [-0.2, 0) is 0 Å². The third-order valence-corrected chi connectivity index (χ3v) is 3.00. The van der Waals surface area contributed by atoms with Crippen molar-refractivity contribution in [3.8, 4) is 5.75 Å². The van der Waals surface area contributed by atoms with Gasteiger partial charge in [0.05, 0.1) is 16.7 Å². The Labute approximate surface area is 111 Å².